The van der Waals surface area contributed by atoms with Crippen LogP contribution in [0.25, 0.3) is 11.3 Å². The number of amides is 1. The van der Waals surface area contributed by atoms with E-state index in [4.69, 9.17) is 4.74 Å². The number of aromatic nitrogens is 1. The molecule has 1 aromatic heterocycles. The van der Waals surface area contributed by atoms with Crippen molar-refractivity contribution in [1.82, 2.24) is 4.98 Å². The van der Waals surface area contributed by atoms with Crippen LogP contribution in [-0.2, 0) is 10.2 Å². The van der Waals surface area contributed by atoms with Gasteiger partial charge < -0.3 is 4.74 Å². The molecular weight excluding hydrogens is 408 g/mol. The highest BCUT2D eigenvalue weighted by molar-refractivity contribution is 7.20. The molecule has 0 aliphatic carbocycles. The Bertz CT molecular complexity index is 1050. The van der Waals surface area contributed by atoms with E-state index in [1.807, 2.05) is 43.3 Å². The minimum absolute atomic E-state index is 0.115. The van der Waals surface area contributed by atoms with E-state index in [1.54, 1.807) is 13.1 Å². The molecular formula is C24H28N4O2S. The van der Waals surface area contributed by atoms with Crippen molar-refractivity contribution in [3.05, 3.63) is 65.2 Å². The first kappa shape index (κ1) is 22.5. The molecule has 6 nitrogen and oxygen atoms in total. The van der Waals surface area contributed by atoms with Gasteiger partial charge in [-0.15, -0.1) is 0 Å². The first-order valence-corrected chi connectivity index (χ1v) is 11.0. The smallest absolute Gasteiger partial charge is 0.412 e. The predicted molar refractivity (Wildman–Crippen MR) is 129 cm³/mol. The molecule has 0 aliphatic heterocycles. The van der Waals surface area contributed by atoms with Crippen molar-refractivity contribution in [2.75, 3.05) is 17.3 Å². The number of nitrogens with zero attached hydrogens (tertiary/aromatic N) is 2. The molecule has 0 bridgehead atoms. The molecule has 31 heavy (non-hydrogen) atoms. The number of hydrogen-bond donors (Lipinski definition) is 2. The number of nitrogens with one attached hydrogen (secondary N) is 2. The van der Waals surface area contributed by atoms with Crippen LogP contribution in [0.3, 0.4) is 0 Å². The van der Waals surface area contributed by atoms with E-state index in [0.29, 0.717) is 22.4 Å². The number of benzene rings is 2. The molecule has 0 unspecified atom stereocenters. The van der Waals surface area contributed by atoms with Crippen molar-refractivity contribution < 1.29 is 9.53 Å². The third-order valence-corrected chi connectivity index (χ3v) is 5.47. The summed E-state index contributed by atoms with van der Waals surface area (Å²) in [6.45, 7) is 10.7. The van der Waals surface area contributed by atoms with Gasteiger partial charge in [0.25, 0.3) is 0 Å². The van der Waals surface area contributed by atoms with Crippen molar-refractivity contribution >= 4 is 33.8 Å². The molecule has 162 valence electrons. The molecule has 2 aromatic carbocycles. The Morgan fingerprint density at radius 1 is 1.13 bits per heavy atom. The van der Waals surface area contributed by atoms with Crippen LogP contribution in [-0.4, -0.2) is 23.9 Å². The average Bonchev–Trinajstić information content (AvgIpc) is 3.11. The highest BCUT2D eigenvalue weighted by Crippen LogP contribution is 2.36. The minimum Gasteiger partial charge on any atom is -0.450 e. The number of rotatable bonds is 6. The molecule has 7 heteroatoms. The molecule has 0 radical (unpaired) electrons. The Labute approximate surface area is 187 Å². The normalized spacial score (nSPS) is 11.5. The van der Waals surface area contributed by atoms with Crippen LogP contribution in [0, 0.1) is 6.92 Å². The van der Waals surface area contributed by atoms with Crippen LogP contribution in [0.5, 0.6) is 0 Å². The number of carbonyl (C=O) groups excluding carboxylic acids is 1. The maximum atomic E-state index is 12.0. The number of ether oxygens (including phenoxy) is 1. The van der Waals surface area contributed by atoms with Crippen LogP contribution < -0.4 is 10.7 Å². The Morgan fingerprint density at radius 3 is 2.42 bits per heavy atom. The third-order valence-electron chi connectivity index (χ3n) is 4.59. The fraction of sp³-hybridized carbons (Fsp3) is 0.292. The van der Waals surface area contributed by atoms with E-state index in [2.05, 4.69) is 53.7 Å². The molecule has 3 rings (SSSR count). The fourth-order valence-corrected chi connectivity index (χ4v) is 3.67. The molecule has 0 atom stereocenters. The highest BCUT2D eigenvalue weighted by atomic mass is 32.1. The summed E-state index contributed by atoms with van der Waals surface area (Å²) in [5.74, 6) is 0. The molecule has 0 saturated heterocycles. The first-order chi connectivity index (χ1) is 14.8. The van der Waals surface area contributed by atoms with Crippen molar-refractivity contribution in [2.45, 2.75) is 40.0 Å². The van der Waals surface area contributed by atoms with Crippen LogP contribution in [0.1, 0.15) is 44.4 Å². The average molecular weight is 437 g/mol. The third kappa shape index (κ3) is 6.15. The van der Waals surface area contributed by atoms with Gasteiger partial charge in [0.15, 0.2) is 0 Å². The van der Waals surface area contributed by atoms with Crippen molar-refractivity contribution in [3.63, 3.8) is 0 Å². The lowest BCUT2D eigenvalue weighted by atomic mass is 9.87. The van der Waals surface area contributed by atoms with Gasteiger partial charge in [0.2, 0.25) is 5.13 Å². The minimum atomic E-state index is -0.506. The van der Waals surface area contributed by atoms with Crippen LogP contribution >= 0.6 is 11.3 Å². The van der Waals surface area contributed by atoms with Crippen LogP contribution in [0.15, 0.2) is 53.6 Å². The summed E-state index contributed by atoms with van der Waals surface area (Å²) >= 11 is 1.31. The van der Waals surface area contributed by atoms with Crippen molar-refractivity contribution in [2.24, 2.45) is 5.10 Å². The number of hydrazone groups is 1. The molecule has 1 amide bonds. The molecule has 3 aromatic rings. The topological polar surface area (TPSA) is 75.6 Å². The first-order valence-electron chi connectivity index (χ1n) is 10.2. The second-order valence-electron chi connectivity index (χ2n) is 8.15. The van der Waals surface area contributed by atoms with Crippen molar-refractivity contribution in [1.29, 1.82) is 0 Å². The summed E-state index contributed by atoms with van der Waals surface area (Å²) in [7, 11) is 0. The van der Waals surface area contributed by atoms with E-state index in [0.717, 1.165) is 16.7 Å². The Kier molecular flexibility index (Phi) is 7.07. The molecule has 0 fully saturated rings. The fourth-order valence-electron chi connectivity index (χ4n) is 2.85. The maximum absolute atomic E-state index is 12.0. The van der Waals surface area contributed by atoms with Crippen molar-refractivity contribution in [3.8, 4) is 11.3 Å². The van der Waals surface area contributed by atoms with Gasteiger partial charge in [-0.3, -0.25) is 10.7 Å². The van der Waals surface area contributed by atoms with Gasteiger partial charge in [0.05, 0.1) is 12.8 Å². The second-order valence-corrected chi connectivity index (χ2v) is 9.15. The lowest BCUT2D eigenvalue weighted by molar-refractivity contribution is 0.168. The molecule has 1 heterocycles. The summed E-state index contributed by atoms with van der Waals surface area (Å²) in [5.41, 5.74) is 8.07. The quantitative estimate of drug-likeness (QED) is 0.345. The van der Waals surface area contributed by atoms with Crippen LogP contribution in [0.2, 0.25) is 0 Å². The number of hydrogen-bond acceptors (Lipinski definition) is 6. The summed E-state index contributed by atoms with van der Waals surface area (Å²) in [6.07, 6.45) is 1.24. The van der Waals surface area contributed by atoms with E-state index in [-0.39, 0.29) is 5.41 Å². The zero-order valence-corrected chi connectivity index (χ0v) is 19.3. The van der Waals surface area contributed by atoms with Gasteiger partial charge in [-0.25, -0.2) is 9.78 Å². The zero-order chi connectivity index (χ0) is 22.4. The lowest BCUT2D eigenvalue weighted by Gasteiger charge is -2.18. The van der Waals surface area contributed by atoms with Crippen LogP contribution in [0.4, 0.5) is 14.9 Å². The zero-order valence-electron chi connectivity index (χ0n) is 18.5. The van der Waals surface area contributed by atoms with Gasteiger partial charge in [-0.1, -0.05) is 86.2 Å². The van der Waals surface area contributed by atoms with Gasteiger partial charge in [0, 0.05) is 5.56 Å². The molecule has 0 spiro atoms. The second kappa shape index (κ2) is 9.75. The Hall–Kier alpha value is -3.19. The van der Waals surface area contributed by atoms with E-state index in [1.165, 1.54) is 16.9 Å². The van der Waals surface area contributed by atoms with Gasteiger partial charge in [-0.2, -0.15) is 5.10 Å². The number of anilines is 2. The number of aryl methyl sites for hydroxylation is 1. The maximum Gasteiger partial charge on any atom is 0.412 e. The summed E-state index contributed by atoms with van der Waals surface area (Å²) in [6, 6.07) is 16.3. The predicted octanol–water partition coefficient (Wildman–Crippen LogP) is 6.43. The molecule has 2 N–H and O–H groups in total. The van der Waals surface area contributed by atoms with Gasteiger partial charge in [-0.05, 0) is 30.4 Å². The van der Waals surface area contributed by atoms with Gasteiger partial charge in [0.1, 0.15) is 10.7 Å². The lowest BCUT2D eigenvalue weighted by Crippen LogP contribution is -2.12. The van der Waals surface area contributed by atoms with E-state index in [9.17, 15) is 4.79 Å². The molecule has 0 aliphatic rings. The summed E-state index contributed by atoms with van der Waals surface area (Å²) in [5, 5.41) is 8.27. The largest absolute Gasteiger partial charge is 0.450 e. The standard InChI is InChI=1S/C24H28N4O2S/c1-6-30-23(29)27-21-20(18-11-7-16(2)8-12-18)26-22(31-21)28-25-15-17-9-13-19(14-10-17)24(3,4)5/h7-15H,6H2,1-5H3,(H,26,28)(H,27,29). The van der Waals surface area contributed by atoms with E-state index < -0.39 is 6.09 Å². The Morgan fingerprint density at radius 2 is 1.81 bits per heavy atom. The van der Waals surface area contributed by atoms with E-state index >= 15 is 0 Å². The SMILES string of the molecule is CCOC(=O)Nc1sc(NN=Cc2ccc(C(C)(C)C)cc2)nc1-c1ccc(C)cc1. The Balaban J connectivity index is 1.78. The summed E-state index contributed by atoms with van der Waals surface area (Å²) in [4.78, 5) is 16.6. The highest BCUT2D eigenvalue weighted by Gasteiger charge is 2.16. The summed E-state index contributed by atoms with van der Waals surface area (Å²) < 4.78 is 5.02. The number of thiazole rings is 1. The van der Waals surface area contributed by atoms with Gasteiger partial charge >= 0.3 is 6.09 Å². The monoisotopic (exact) mass is 436 g/mol. The number of carbonyl (C=O) groups is 1. The molecule has 0 saturated carbocycles.